The molecule has 2 heterocycles. The van der Waals surface area contributed by atoms with Gasteiger partial charge in [-0.25, -0.2) is 4.98 Å². The fraction of sp³-hybridized carbons (Fsp3) is 0.353. The van der Waals surface area contributed by atoms with Gasteiger partial charge in [0, 0.05) is 11.9 Å². The van der Waals surface area contributed by atoms with E-state index in [-0.39, 0.29) is 23.6 Å². The van der Waals surface area contributed by atoms with Gasteiger partial charge in [-0.2, -0.15) is 0 Å². The molecule has 0 atom stereocenters. The molecule has 0 radical (unpaired) electrons. The number of amides is 1. The van der Waals surface area contributed by atoms with Crippen molar-refractivity contribution in [2.24, 2.45) is 5.92 Å². The third-order valence-electron chi connectivity index (χ3n) is 4.48. The minimum atomic E-state index is -0.329. The van der Waals surface area contributed by atoms with Crippen molar-refractivity contribution < 1.29 is 9.21 Å². The second-order valence-electron chi connectivity index (χ2n) is 6.05. The van der Waals surface area contributed by atoms with E-state index < -0.39 is 0 Å². The van der Waals surface area contributed by atoms with Crippen LogP contribution in [-0.4, -0.2) is 22.0 Å². The van der Waals surface area contributed by atoms with Gasteiger partial charge in [-0.3, -0.25) is 14.2 Å². The Morgan fingerprint density at radius 1 is 1.35 bits per heavy atom. The monoisotopic (exact) mass is 311 g/mol. The minimum absolute atomic E-state index is 0.0362. The molecule has 1 aliphatic carbocycles. The molecule has 23 heavy (non-hydrogen) atoms. The molecule has 0 saturated heterocycles. The SMILES string of the molecule is O=C(Cn1cnc2c(oc3ccccc32)c1=O)NCC1CCC1. The number of furan rings is 1. The van der Waals surface area contributed by atoms with Gasteiger partial charge < -0.3 is 9.73 Å². The van der Waals surface area contributed by atoms with E-state index in [0.29, 0.717) is 23.6 Å². The molecule has 2 aromatic heterocycles. The largest absolute Gasteiger partial charge is 0.448 e. The molecular formula is C17H17N3O3. The zero-order valence-corrected chi connectivity index (χ0v) is 12.6. The Kier molecular flexibility index (Phi) is 3.37. The van der Waals surface area contributed by atoms with E-state index in [9.17, 15) is 9.59 Å². The smallest absolute Gasteiger partial charge is 0.297 e. The molecule has 1 aliphatic rings. The lowest BCUT2D eigenvalue weighted by Crippen LogP contribution is -2.36. The van der Waals surface area contributed by atoms with E-state index in [2.05, 4.69) is 10.3 Å². The van der Waals surface area contributed by atoms with Crippen molar-refractivity contribution in [2.45, 2.75) is 25.8 Å². The summed E-state index contributed by atoms with van der Waals surface area (Å²) in [5.41, 5.74) is 1.03. The minimum Gasteiger partial charge on any atom is -0.448 e. The quantitative estimate of drug-likeness (QED) is 0.800. The molecule has 6 nitrogen and oxygen atoms in total. The van der Waals surface area contributed by atoms with Gasteiger partial charge in [0.25, 0.3) is 5.56 Å². The van der Waals surface area contributed by atoms with Crippen LogP contribution < -0.4 is 10.9 Å². The van der Waals surface area contributed by atoms with E-state index in [4.69, 9.17) is 4.42 Å². The highest BCUT2D eigenvalue weighted by atomic mass is 16.3. The lowest BCUT2D eigenvalue weighted by Gasteiger charge is -2.25. The molecular weight excluding hydrogens is 294 g/mol. The highest BCUT2D eigenvalue weighted by Crippen LogP contribution is 2.25. The Balaban J connectivity index is 1.60. The zero-order valence-electron chi connectivity index (χ0n) is 12.6. The van der Waals surface area contributed by atoms with Crippen LogP contribution in [0.3, 0.4) is 0 Å². The van der Waals surface area contributed by atoms with Crippen molar-refractivity contribution >= 4 is 28.0 Å². The normalized spacial score (nSPS) is 15.0. The average molecular weight is 311 g/mol. The Morgan fingerprint density at radius 3 is 2.96 bits per heavy atom. The number of para-hydroxylation sites is 1. The number of carbonyl (C=O) groups excluding carboxylic acids is 1. The highest BCUT2D eigenvalue weighted by Gasteiger charge is 2.18. The number of benzene rings is 1. The van der Waals surface area contributed by atoms with Gasteiger partial charge in [0.15, 0.2) is 0 Å². The summed E-state index contributed by atoms with van der Waals surface area (Å²) in [6.45, 7) is 0.652. The summed E-state index contributed by atoms with van der Waals surface area (Å²) in [4.78, 5) is 28.8. The van der Waals surface area contributed by atoms with Crippen molar-refractivity contribution in [1.29, 1.82) is 0 Å². The Hall–Kier alpha value is -2.63. The van der Waals surface area contributed by atoms with Crippen LogP contribution in [0.25, 0.3) is 22.1 Å². The van der Waals surface area contributed by atoms with Crippen molar-refractivity contribution in [3.63, 3.8) is 0 Å². The number of carbonyl (C=O) groups is 1. The number of hydrogen-bond donors (Lipinski definition) is 1. The van der Waals surface area contributed by atoms with Crippen LogP contribution in [0.15, 0.2) is 39.8 Å². The van der Waals surface area contributed by atoms with Gasteiger partial charge in [-0.15, -0.1) is 0 Å². The van der Waals surface area contributed by atoms with Crippen molar-refractivity contribution in [3.05, 3.63) is 40.9 Å². The van der Waals surface area contributed by atoms with E-state index in [1.54, 1.807) is 6.07 Å². The number of rotatable bonds is 4. The van der Waals surface area contributed by atoms with E-state index in [1.807, 2.05) is 18.2 Å². The first-order chi connectivity index (χ1) is 11.2. The third kappa shape index (κ3) is 2.50. The fourth-order valence-corrected chi connectivity index (χ4v) is 2.89. The summed E-state index contributed by atoms with van der Waals surface area (Å²) >= 11 is 0. The zero-order chi connectivity index (χ0) is 15.8. The first-order valence-corrected chi connectivity index (χ1v) is 7.86. The van der Waals surface area contributed by atoms with Crippen LogP contribution in [0.2, 0.25) is 0 Å². The maximum Gasteiger partial charge on any atom is 0.297 e. The molecule has 0 bridgehead atoms. The number of hydrogen-bond acceptors (Lipinski definition) is 4. The van der Waals surface area contributed by atoms with E-state index in [0.717, 1.165) is 5.39 Å². The van der Waals surface area contributed by atoms with E-state index >= 15 is 0 Å². The predicted molar refractivity (Wildman–Crippen MR) is 86.1 cm³/mol. The summed E-state index contributed by atoms with van der Waals surface area (Å²) < 4.78 is 6.90. The van der Waals surface area contributed by atoms with Gasteiger partial charge in [0.05, 0.1) is 6.33 Å². The number of fused-ring (bicyclic) bond motifs is 3. The number of aromatic nitrogens is 2. The highest BCUT2D eigenvalue weighted by molar-refractivity contribution is 6.01. The van der Waals surface area contributed by atoms with Crippen molar-refractivity contribution in [2.75, 3.05) is 6.54 Å². The average Bonchev–Trinajstić information content (AvgIpc) is 2.88. The first-order valence-electron chi connectivity index (χ1n) is 7.86. The molecule has 1 amide bonds. The maximum atomic E-state index is 12.5. The second-order valence-corrected chi connectivity index (χ2v) is 6.05. The van der Waals surface area contributed by atoms with Crippen LogP contribution in [0.5, 0.6) is 0 Å². The van der Waals surface area contributed by atoms with Gasteiger partial charge in [0.1, 0.15) is 17.6 Å². The molecule has 1 saturated carbocycles. The van der Waals surface area contributed by atoms with Crippen LogP contribution >= 0.6 is 0 Å². The molecule has 0 spiro atoms. The molecule has 1 fully saturated rings. The molecule has 0 unspecified atom stereocenters. The predicted octanol–water partition coefficient (Wildman–Crippen LogP) is 2.06. The summed E-state index contributed by atoms with van der Waals surface area (Å²) in [6.07, 6.45) is 5.00. The summed E-state index contributed by atoms with van der Waals surface area (Å²) in [5.74, 6) is 0.419. The van der Waals surface area contributed by atoms with Crippen LogP contribution in [0.1, 0.15) is 19.3 Å². The van der Waals surface area contributed by atoms with Crippen molar-refractivity contribution in [1.82, 2.24) is 14.9 Å². The number of nitrogens with zero attached hydrogens (tertiary/aromatic N) is 2. The second kappa shape index (κ2) is 5.53. The van der Waals surface area contributed by atoms with Gasteiger partial charge in [0.2, 0.25) is 11.5 Å². The molecule has 0 aliphatic heterocycles. The van der Waals surface area contributed by atoms with Crippen LogP contribution in [-0.2, 0) is 11.3 Å². The van der Waals surface area contributed by atoms with E-state index in [1.165, 1.54) is 30.2 Å². The molecule has 6 heteroatoms. The lowest BCUT2D eigenvalue weighted by molar-refractivity contribution is -0.122. The Bertz CT molecular complexity index is 937. The summed E-state index contributed by atoms with van der Waals surface area (Å²) in [7, 11) is 0. The fourth-order valence-electron chi connectivity index (χ4n) is 2.89. The van der Waals surface area contributed by atoms with Gasteiger partial charge >= 0.3 is 0 Å². The Morgan fingerprint density at radius 2 is 2.17 bits per heavy atom. The van der Waals surface area contributed by atoms with Crippen molar-refractivity contribution in [3.8, 4) is 0 Å². The molecule has 118 valence electrons. The maximum absolute atomic E-state index is 12.5. The lowest BCUT2D eigenvalue weighted by atomic mass is 9.85. The first kappa shape index (κ1) is 14.0. The van der Waals surface area contributed by atoms with Crippen LogP contribution in [0, 0.1) is 5.92 Å². The molecule has 4 rings (SSSR count). The summed E-state index contributed by atoms with van der Waals surface area (Å²) in [5, 5.41) is 3.68. The standard InChI is InChI=1S/C17H17N3O3/c21-14(18-8-11-4-3-5-11)9-20-10-19-15-12-6-1-2-7-13(12)23-16(15)17(20)22/h1-2,6-7,10-11H,3-5,8-9H2,(H,18,21). The third-order valence-corrected chi connectivity index (χ3v) is 4.48. The topological polar surface area (TPSA) is 77.1 Å². The molecule has 3 aromatic rings. The summed E-state index contributed by atoms with van der Waals surface area (Å²) in [6, 6.07) is 7.38. The van der Waals surface area contributed by atoms with Crippen LogP contribution in [0.4, 0.5) is 0 Å². The molecule has 1 N–H and O–H groups in total. The molecule has 1 aromatic carbocycles. The Labute approximate surface area is 132 Å². The van der Waals surface area contributed by atoms with Gasteiger partial charge in [-0.05, 0) is 30.9 Å². The van der Waals surface area contributed by atoms with Gasteiger partial charge in [-0.1, -0.05) is 18.6 Å². The number of nitrogens with one attached hydrogen (secondary N) is 1.